The van der Waals surface area contributed by atoms with Gasteiger partial charge in [-0.05, 0) is 19.4 Å². The average molecular weight is 186 g/mol. The van der Waals surface area contributed by atoms with Crippen molar-refractivity contribution < 1.29 is 8.85 Å². The minimum atomic E-state index is -2.24. The van der Waals surface area contributed by atoms with E-state index in [9.17, 15) is 0 Å². The summed E-state index contributed by atoms with van der Waals surface area (Å²) < 4.78 is 11.0. The molecule has 3 heteroatoms. The first-order chi connectivity index (χ1) is 5.68. The van der Waals surface area contributed by atoms with Crippen molar-refractivity contribution in [2.75, 3.05) is 13.2 Å². The Morgan fingerprint density at radius 2 is 1.58 bits per heavy atom. The van der Waals surface area contributed by atoms with Crippen LogP contribution in [0.15, 0.2) is 0 Å². The first-order valence-corrected chi connectivity index (χ1v) is 6.75. The molecule has 2 nitrogen and oxygen atoms in total. The molecule has 0 aliphatic heterocycles. The Morgan fingerprint density at radius 1 is 1.17 bits per heavy atom. The predicted molar refractivity (Wildman–Crippen MR) is 52.9 cm³/mol. The maximum absolute atomic E-state index is 5.51. The lowest BCUT2D eigenvalue weighted by Gasteiger charge is -2.20. The average Bonchev–Trinajstić information content (AvgIpc) is 2.11. The molecular weight excluding hydrogens is 168 g/mol. The Hall–Kier alpha value is -0.303. The molecule has 70 valence electrons. The molecule has 0 aliphatic carbocycles. The normalized spacial score (nSPS) is 11.2. The summed E-state index contributed by atoms with van der Waals surface area (Å²) in [6, 6.07) is 0. The van der Waals surface area contributed by atoms with Gasteiger partial charge in [0, 0.05) is 13.2 Å². The maximum Gasteiger partial charge on any atom is 0.420 e. The summed E-state index contributed by atoms with van der Waals surface area (Å²) in [6.07, 6.45) is 7.32. The van der Waals surface area contributed by atoms with Gasteiger partial charge in [-0.3, -0.25) is 0 Å². The maximum atomic E-state index is 5.51. The van der Waals surface area contributed by atoms with Crippen LogP contribution >= 0.6 is 0 Å². The largest absolute Gasteiger partial charge is 0.420 e. The van der Waals surface area contributed by atoms with Crippen LogP contribution < -0.4 is 0 Å². The molecule has 0 aromatic carbocycles. The van der Waals surface area contributed by atoms with E-state index >= 15 is 0 Å². The van der Waals surface area contributed by atoms with Gasteiger partial charge in [0.15, 0.2) is 0 Å². The van der Waals surface area contributed by atoms with E-state index in [1.54, 1.807) is 0 Å². The van der Waals surface area contributed by atoms with Crippen molar-refractivity contribution in [1.29, 1.82) is 0 Å². The van der Waals surface area contributed by atoms with Gasteiger partial charge in [0.1, 0.15) is 0 Å². The highest BCUT2D eigenvalue weighted by molar-refractivity contribution is 6.74. The summed E-state index contributed by atoms with van der Waals surface area (Å²) in [4.78, 5) is 0. The summed E-state index contributed by atoms with van der Waals surface area (Å²) in [6.45, 7) is 7.45. The van der Waals surface area contributed by atoms with Crippen LogP contribution in [0.2, 0.25) is 6.55 Å². The summed E-state index contributed by atoms with van der Waals surface area (Å²) in [5.41, 5.74) is 2.64. The molecule has 0 saturated carbocycles. The second kappa shape index (κ2) is 6.24. The zero-order valence-corrected chi connectivity index (χ0v) is 9.22. The van der Waals surface area contributed by atoms with Crippen molar-refractivity contribution in [1.82, 2.24) is 0 Å². The number of terminal acetylenes is 1. The van der Waals surface area contributed by atoms with Crippen molar-refractivity contribution in [3.05, 3.63) is 0 Å². The van der Waals surface area contributed by atoms with E-state index in [0.717, 1.165) is 12.8 Å². The summed E-state index contributed by atoms with van der Waals surface area (Å²) >= 11 is 0. The highest BCUT2D eigenvalue weighted by atomic mass is 28.4. The molecule has 0 unspecified atom stereocenters. The predicted octanol–water partition coefficient (Wildman–Crippen LogP) is 2.08. The molecule has 0 rings (SSSR count). The van der Waals surface area contributed by atoms with Crippen LogP contribution in [0, 0.1) is 12.0 Å². The fourth-order valence-corrected chi connectivity index (χ4v) is 2.16. The van der Waals surface area contributed by atoms with Gasteiger partial charge in [-0.25, -0.2) is 0 Å². The van der Waals surface area contributed by atoms with Gasteiger partial charge in [0.2, 0.25) is 0 Å². The fraction of sp³-hybridized carbons (Fsp3) is 0.778. The smallest absolute Gasteiger partial charge is 0.385 e. The minimum absolute atomic E-state index is 0.705. The van der Waals surface area contributed by atoms with E-state index in [4.69, 9.17) is 15.3 Å². The van der Waals surface area contributed by atoms with Gasteiger partial charge < -0.3 is 8.85 Å². The Labute approximate surface area is 76.5 Å². The molecule has 0 amide bonds. The van der Waals surface area contributed by atoms with Crippen LogP contribution in [0.25, 0.3) is 0 Å². The van der Waals surface area contributed by atoms with Crippen molar-refractivity contribution in [3.8, 4) is 12.0 Å². The molecule has 0 fully saturated rings. The third-order valence-electron chi connectivity index (χ3n) is 1.43. The molecule has 0 aromatic heterocycles. The summed E-state index contributed by atoms with van der Waals surface area (Å²) in [5.74, 6) is 0. The Kier molecular flexibility index (Phi) is 6.08. The van der Waals surface area contributed by atoms with Crippen LogP contribution in [0.1, 0.15) is 26.7 Å². The van der Waals surface area contributed by atoms with E-state index in [1.165, 1.54) is 0 Å². The summed E-state index contributed by atoms with van der Waals surface area (Å²) in [7, 11) is -2.24. The lowest BCUT2D eigenvalue weighted by molar-refractivity contribution is 0.186. The SMILES string of the molecule is C#C[Si](C)(OCCC)OCCC. The third-order valence-corrected chi connectivity index (χ3v) is 3.46. The highest BCUT2D eigenvalue weighted by Gasteiger charge is 2.28. The van der Waals surface area contributed by atoms with Gasteiger partial charge in [0.05, 0.1) is 0 Å². The zero-order valence-electron chi connectivity index (χ0n) is 8.22. The van der Waals surface area contributed by atoms with E-state index in [0.29, 0.717) is 13.2 Å². The van der Waals surface area contributed by atoms with Gasteiger partial charge in [-0.1, -0.05) is 19.4 Å². The highest BCUT2D eigenvalue weighted by Crippen LogP contribution is 2.06. The monoisotopic (exact) mass is 186 g/mol. The first-order valence-electron chi connectivity index (χ1n) is 4.44. The number of rotatable bonds is 6. The zero-order chi connectivity index (χ0) is 9.45. The fourth-order valence-electron chi connectivity index (χ4n) is 0.719. The minimum Gasteiger partial charge on any atom is -0.385 e. The molecule has 0 spiro atoms. The molecule has 0 N–H and O–H groups in total. The molecule has 0 bridgehead atoms. The van der Waals surface area contributed by atoms with Crippen LogP contribution in [-0.2, 0) is 8.85 Å². The Morgan fingerprint density at radius 3 is 1.83 bits per heavy atom. The quantitative estimate of drug-likeness (QED) is 0.467. The first kappa shape index (κ1) is 11.7. The van der Waals surface area contributed by atoms with Gasteiger partial charge in [-0.2, -0.15) is 0 Å². The molecule has 12 heavy (non-hydrogen) atoms. The molecule has 0 heterocycles. The third kappa shape index (κ3) is 4.55. The van der Waals surface area contributed by atoms with Crippen LogP contribution in [0.3, 0.4) is 0 Å². The van der Waals surface area contributed by atoms with Gasteiger partial charge >= 0.3 is 8.56 Å². The number of hydrogen-bond acceptors (Lipinski definition) is 2. The van der Waals surface area contributed by atoms with E-state index in [2.05, 4.69) is 19.4 Å². The van der Waals surface area contributed by atoms with Crippen molar-refractivity contribution >= 4 is 8.56 Å². The molecule has 0 aliphatic rings. The second-order valence-corrected chi connectivity index (χ2v) is 5.54. The number of hydrogen-bond donors (Lipinski definition) is 0. The molecule has 0 atom stereocenters. The topological polar surface area (TPSA) is 18.5 Å². The van der Waals surface area contributed by atoms with Crippen LogP contribution in [-0.4, -0.2) is 21.8 Å². The Bertz CT molecular complexity index is 143. The molecule has 0 aromatic rings. The molecular formula is C9H18O2Si. The lowest BCUT2D eigenvalue weighted by atomic mass is 10.5. The summed E-state index contributed by atoms with van der Waals surface area (Å²) in [5, 5.41) is 0. The van der Waals surface area contributed by atoms with E-state index in [1.807, 2.05) is 6.55 Å². The van der Waals surface area contributed by atoms with Crippen LogP contribution in [0.4, 0.5) is 0 Å². The van der Waals surface area contributed by atoms with Crippen LogP contribution in [0.5, 0.6) is 0 Å². The van der Waals surface area contributed by atoms with E-state index in [-0.39, 0.29) is 0 Å². The second-order valence-electron chi connectivity index (χ2n) is 2.79. The Balaban J connectivity index is 3.81. The van der Waals surface area contributed by atoms with Gasteiger partial charge in [0.25, 0.3) is 0 Å². The molecule has 0 saturated heterocycles. The van der Waals surface area contributed by atoms with Gasteiger partial charge in [-0.15, -0.1) is 6.42 Å². The lowest BCUT2D eigenvalue weighted by Crippen LogP contribution is -2.37. The molecule has 0 radical (unpaired) electrons. The van der Waals surface area contributed by atoms with Crippen molar-refractivity contribution in [2.45, 2.75) is 33.2 Å². The van der Waals surface area contributed by atoms with Crippen molar-refractivity contribution in [2.24, 2.45) is 0 Å². The van der Waals surface area contributed by atoms with E-state index < -0.39 is 8.56 Å². The standard InChI is InChI=1S/C9H18O2Si/c1-5-8-10-12(4,7-3)11-9-6-2/h3H,5-6,8-9H2,1-2,4H3. The van der Waals surface area contributed by atoms with Crippen molar-refractivity contribution in [3.63, 3.8) is 0 Å².